The Balaban J connectivity index is 2.54. The third kappa shape index (κ3) is 2.68. The molecule has 0 spiro atoms. The lowest BCUT2D eigenvalue weighted by atomic mass is 10.4. The van der Waals surface area contributed by atoms with Crippen LogP contribution in [0.15, 0.2) is 45.7 Å². The second-order valence-corrected chi connectivity index (χ2v) is 5.92. The van der Waals surface area contributed by atoms with E-state index in [1.54, 1.807) is 16.7 Å². The molecule has 2 heterocycles. The fraction of sp³-hybridized carbons (Fsp3) is 0.167. The number of allylic oxidation sites excluding steroid dienone is 1. The number of thioether (sulfide) groups is 1. The zero-order chi connectivity index (χ0) is 13.1. The van der Waals surface area contributed by atoms with Crippen molar-refractivity contribution in [1.82, 2.24) is 9.55 Å². The summed E-state index contributed by atoms with van der Waals surface area (Å²) < 4.78 is 1.60. The number of fused-ring (bicyclic) bond motifs is 1. The molecule has 18 heavy (non-hydrogen) atoms. The largest absolute Gasteiger partial charge is 0.283 e. The van der Waals surface area contributed by atoms with Crippen molar-refractivity contribution < 1.29 is 0 Å². The van der Waals surface area contributed by atoms with Crippen LogP contribution in [-0.2, 0) is 6.54 Å². The van der Waals surface area contributed by atoms with Crippen LogP contribution in [0.2, 0.25) is 0 Å². The summed E-state index contributed by atoms with van der Waals surface area (Å²) in [7, 11) is 0. The average molecular weight is 299 g/mol. The maximum absolute atomic E-state index is 12.3. The van der Waals surface area contributed by atoms with Gasteiger partial charge in [-0.2, -0.15) is 0 Å². The van der Waals surface area contributed by atoms with Crippen LogP contribution >= 0.6 is 34.7 Å². The molecule has 0 atom stereocenters. The Labute approximate surface area is 118 Å². The van der Waals surface area contributed by atoms with Crippen LogP contribution in [-0.4, -0.2) is 15.3 Å². The molecule has 2 aromatic rings. The van der Waals surface area contributed by atoms with Crippen molar-refractivity contribution in [3.05, 3.63) is 46.1 Å². The second-order valence-electron chi connectivity index (χ2n) is 3.54. The molecular weight excluding hydrogens is 288 g/mol. The number of hydrogen-bond donors (Lipinski definition) is 0. The number of hydrogen-bond acceptors (Lipinski definition) is 4. The maximum Gasteiger partial charge on any atom is 0.263 e. The molecule has 0 bridgehead atoms. The SMILES string of the molecule is C=CCn1c(SCC(=C)Cl)nc2sccc2c1=O. The maximum atomic E-state index is 12.3. The van der Waals surface area contributed by atoms with Crippen LogP contribution in [0.4, 0.5) is 0 Å². The Kier molecular flexibility index (Phi) is 4.27. The molecule has 94 valence electrons. The lowest BCUT2D eigenvalue weighted by Gasteiger charge is -2.09. The molecule has 0 aromatic carbocycles. The molecule has 0 N–H and O–H groups in total. The van der Waals surface area contributed by atoms with Gasteiger partial charge in [0.25, 0.3) is 5.56 Å². The summed E-state index contributed by atoms with van der Waals surface area (Å²) in [6.07, 6.45) is 1.68. The van der Waals surface area contributed by atoms with Crippen LogP contribution in [0.5, 0.6) is 0 Å². The molecule has 0 amide bonds. The van der Waals surface area contributed by atoms with E-state index >= 15 is 0 Å². The average Bonchev–Trinajstić information content (AvgIpc) is 2.79. The van der Waals surface area contributed by atoms with Crippen LogP contribution in [0, 0.1) is 0 Å². The molecule has 0 unspecified atom stereocenters. The fourth-order valence-electron chi connectivity index (χ4n) is 1.47. The molecule has 0 aliphatic rings. The Morgan fingerprint density at radius 2 is 2.44 bits per heavy atom. The van der Waals surface area contributed by atoms with Gasteiger partial charge in [0.05, 0.1) is 5.39 Å². The Morgan fingerprint density at radius 3 is 3.11 bits per heavy atom. The van der Waals surface area contributed by atoms with Crippen LogP contribution in [0.1, 0.15) is 0 Å². The molecule has 2 aromatic heterocycles. The quantitative estimate of drug-likeness (QED) is 0.481. The van der Waals surface area contributed by atoms with Crippen molar-refractivity contribution in [2.24, 2.45) is 0 Å². The number of halogens is 1. The van der Waals surface area contributed by atoms with E-state index in [1.165, 1.54) is 23.1 Å². The molecule has 0 aliphatic heterocycles. The van der Waals surface area contributed by atoms with Gasteiger partial charge in [0.2, 0.25) is 0 Å². The van der Waals surface area contributed by atoms with Gasteiger partial charge in [-0.25, -0.2) is 4.98 Å². The first-order valence-corrected chi connectivity index (χ1v) is 7.43. The van der Waals surface area contributed by atoms with E-state index in [9.17, 15) is 4.79 Å². The van der Waals surface area contributed by atoms with Gasteiger partial charge in [0, 0.05) is 17.3 Å². The third-order valence-electron chi connectivity index (χ3n) is 2.22. The fourth-order valence-corrected chi connectivity index (χ4v) is 3.20. The van der Waals surface area contributed by atoms with E-state index in [1.807, 2.05) is 5.38 Å². The van der Waals surface area contributed by atoms with Gasteiger partial charge >= 0.3 is 0 Å². The Bertz CT molecular complexity index is 660. The summed E-state index contributed by atoms with van der Waals surface area (Å²) in [6, 6.07) is 1.80. The van der Waals surface area contributed by atoms with E-state index in [4.69, 9.17) is 11.6 Å². The van der Waals surface area contributed by atoms with Crippen molar-refractivity contribution in [1.29, 1.82) is 0 Å². The molecule has 0 saturated heterocycles. The monoisotopic (exact) mass is 298 g/mol. The first-order valence-electron chi connectivity index (χ1n) is 5.18. The van der Waals surface area contributed by atoms with Gasteiger partial charge in [0.1, 0.15) is 4.83 Å². The number of nitrogens with zero attached hydrogens (tertiary/aromatic N) is 2. The highest BCUT2D eigenvalue weighted by molar-refractivity contribution is 7.99. The minimum absolute atomic E-state index is 0.0381. The summed E-state index contributed by atoms with van der Waals surface area (Å²) >= 11 is 8.61. The zero-order valence-electron chi connectivity index (χ0n) is 9.56. The molecule has 6 heteroatoms. The van der Waals surface area contributed by atoms with E-state index in [-0.39, 0.29) is 5.56 Å². The molecule has 0 fully saturated rings. The van der Waals surface area contributed by atoms with E-state index in [0.717, 1.165) is 4.83 Å². The van der Waals surface area contributed by atoms with Crippen molar-refractivity contribution in [3.8, 4) is 0 Å². The second kappa shape index (κ2) is 5.73. The summed E-state index contributed by atoms with van der Waals surface area (Å²) in [6.45, 7) is 7.74. The molecule has 3 nitrogen and oxygen atoms in total. The van der Waals surface area contributed by atoms with Gasteiger partial charge in [-0.3, -0.25) is 9.36 Å². The molecule has 2 rings (SSSR count). The highest BCUT2D eigenvalue weighted by atomic mass is 35.5. The predicted molar refractivity (Wildman–Crippen MR) is 79.8 cm³/mol. The zero-order valence-corrected chi connectivity index (χ0v) is 11.9. The summed E-state index contributed by atoms with van der Waals surface area (Å²) in [5, 5.41) is 3.70. The lowest BCUT2D eigenvalue weighted by Crippen LogP contribution is -2.22. The topological polar surface area (TPSA) is 34.9 Å². The Hall–Kier alpha value is -1.04. The van der Waals surface area contributed by atoms with Crippen LogP contribution in [0.25, 0.3) is 10.2 Å². The summed E-state index contributed by atoms with van der Waals surface area (Å²) in [4.78, 5) is 17.5. The van der Waals surface area contributed by atoms with Gasteiger partial charge in [-0.1, -0.05) is 36.0 Å². The van der Waals surface area contributed by atoms with Gasteiger partial charge < -0.3 is 0 Å². The van der Waals surface area contributed by atoms with Crippen molar-refractivity contribution >= 4 is 44.9 Å². The van der Waals surface area contributed by atoms with Crippen molar-refractivity contribution in [2.45, 2.75) is 11.7 Å². The first-order chi connectivity index (χ1) is 8.63. The Morgan fingerprint density at radius 1 is 1.67 bits per heavy atom. The molecule has 0 aliphatic carbocycles. The number of thiophene rings is 1. The first kappa shape index (κ1) is 13.4. The van der Waals surface area contributed by atoms with Gasteiger partial charge in [-0.05, 0) is 11.4 Å². The van der Waals surface area contributed by atoms with Crippen LogP contribution < -0.4 is 5.56 Å². The normalized spacial score (nSPS) is 10.7. The van der Waals surface area contributed by atoms with E-state index in [2.05, 4.69) is 18.1 Å². The van der Waals surface area contributed by atoms with Gasteiger partial charge in [0.15, 0.2) is 5.16 Å². The highest BCUT2D eigenvalue weighted by Gasteiger charge is 2.11. The number of aromatic nitrogens is 2. The van der Waals surface area contributed by atoms with Crippen molar-refractivity contribution in [3.63, 3.8) is 0 Å². The molecule has 0 radical (unpaired) electrons. The third-order valence-corrected chi connectivity index (χ3v) is 4.38. The summed E-state index contributed by atoms with van der Waals surface area (Å²) in [5.41, 5.74) is -0.0381. The standard InChI is InChI=1S/C12H11ClN2OS2/c1-3-5-15-11(16)9-4-6-17-10(9)14-12(15)18-7-8(2)13/h3-4,6H,1-2,5,7H2. The van der Waals surface area contributed by atoms with E-state index < -0.39 is 0 Å². The number of rotatable bonds is 5. The minimum atomic E-state index is -0.0381. The van der Waals surface area contributed by atoms with E-state index in [0.29, 0.717) is 27.9 Å². The van der Waals surface area contributed by atoms with Crippen molar-refractivity contribution in [2.75, 3.05) is 5.75 Å². The highest BCUT2D eigenvalue weighted by Crippen LogP contribution is 2.23. The lowest BCUT2D eigenvalue weighted by molar-refractivity contribution is 0.673. The van der Waals surface area contributed by atoms with Gasteiger partial charge in [-0.15, -0.1) is 17.9 Å². The minimum Gasteiger partial charge on any atom is -0.283 e. The molecule has 0 saturated carbocycles. The molecular formula is C12H11ClN2OS2. The predicted octanol–water partition coefficient (Wildman–Crippen LogP) is 3.49. The smallest absolute Gasteiger partial charge is 0.263 e. The van der Waals surface area contributed by atoms with Crippen LogP contribution in [0.3, 0.4) is 0 Å². The summed E-state index contributed by atoms with van der Waals surface area (Å²) in [5.74, 6) is 0.530.